The molecule has 1 aromatic heterocycles. The van der Waals surface area contributed by atoms with Gasteiger partial charge in [-0.25, -0.2) is 0 Å². The van der Waals surface area contributed by atoms with Crippen molar-refractivity contribution in [1.82, 2.24) is 4.90 Å². The quantitative estimate of drug-likeness (QED) is 0.200. The van der Waals surface area contributed by atoms with Crippen LogP contribution in [0.2, 0.25) is 5.02 Å². The van der Waals surface area contributed by atoms with Gasteiger partial charge in [0, 0.05) is 24.5 Å². The number of nitrogens with two attached hydrogens (primary N) is 2. The minimum absolute atomic E-state index is 0.0239. The van der Waals surface area contributed by atoms with Crippen molar-refractivity contribution in [2.24, 2.45) is 16.5 Å². The van der Waals surface area contributed by atoms with E-state index >= 15 is 0 Å². The third-order valence-corrected chi connectivity index (χ3v) is 7.09. The summed E-state index contributed by atoms with van der Waals surface area (Å²) in [5.41, 5.74) is 13.3. The standard InChI is InChI=1S/C25H25ClN6O3S/c26-21-5-4-17(35-9-7-30-25(28)29)11-19(21)23(34)31-24-20(12-27)18-6-8-32(14-22(18)36-24)13-15-2-1-3-16(33)10-15/h1-5,10-11,33H,6-9,13-14H2,(H,31,34)(H4,28,29,30). The van der Waals surface area contributed by atoms with E-state index in [4.69, 9.17) is 27.8 Å². The van der Waals surface area contributed by atoms with E-state index < -0.39 is 5.91 Å². The van der Waals surface area contributed by atoms with Gasteiger partial charge < -0.3 is 26.6 Å². The summed E-state index contributed by atoms with van der Waals surface area (Å²) in [6.07, 6.45) is 0.698. The van der Waals surface area contributed by atoms with Crippen LogP contribution < -0.4 is 21.5 Å². The second-order valence-electron chi connectivity index (χ2n) is 8.20. The van der Waals surface area contributed by atoms with Gasteiger partial charge in [0.25, 0.3) is 5.91 Å². The Kier molecular flexibility index (Phi) is 7.95. The molecule has 11 heteroatoms. The summed E-state index contributed by atoms with van der Waals surface area (Å²) >= 11 is 7.68. The number of halogens is 1. The first-order chi connectivity index (χ1) is 17.3. The maximum atomic E-state index is 13.1. The third-order valence-electron chi connectivity index (χ3n) is 5.63. The number of benzene rings is 2. The summed E-state index contributed by atoms with van der Waals surface area (Å²) in [7, 11) is 0. The van der Waals surface area contributed by atoms with Crippen LogP contribution in [-0.4, -0.2) is 41.6 Å². The number of aromatic hydroxyl groups is 1. The average Bonchev–Trinajstić information content (AvgIpc) is 3.18. The molecule has 36 heavy (non-hydrogen) atoms. The summed E-state index contributed by atoms with van der Waals surface area (Å²) in [6, 6.07) is 14.2. The van der Waals surface area contributed by atoms with Gasteiger partial charge in [-0.2, -0.15) is 5.26 Å². The van der Waals surface area contributed by atoms with Gasteiger partial charge >= 0.3 is 0 Å². The van der Waals surface area contributed by atoms with Gasteiger partial charge in [-0.15, -0.1) is 11.3 Å². The van der Waals surface area contributed by atoms with Crippen molar-refractivity contribution in [1.29, 1.82) is 5.26 Å². The number of amides is 1. The monoisotopic (exact) mass is 524 g/mol. The van der Waals surface area contributed by atoms with E-state index in [1.54, 1.807) is 30.3 Å². The van der Waals surface area contributed by atoms with Gasteiger partial charge in [0.15, 0.2) is 5.96 Å². The second-order valence-corrected chi connectivity index (χ2v) is 9.71. The molecule has 0 spiro atoms. The number of hydrogen-bond donors (Lipinski definition) is 4. The van der Waals surface area contributed by atoms with Gasteiger partial charge in [0.1, 0.15) is 29.2 Å². The molecule has 0 saturated carbocycles. The van der Waals surface area contributed by atoms with Crippen LogP contribution in [0.5, 0.6) is 11.5 Å². The van der Waals surface area contributed by atoms with Crippen LogP contribution in [0, 0.1) is 11.3 Å². The van der Waals surface area contributed by atoms with Crippen molar-refractivity contribution in [3.8, 4) is 17.6 Å². The number of ether oxygens (including phenoxy) is 1. The van der Waals surface area contributed by atoms with Gasteiger partial charge in [-0.3, -0.25) is 14.7 Å². The van der Waals surface area contributed by atoms with Crippen molar-refractivity contribution in [2.75, 3.05) is 25.0 Å². The van der Waals surface area contributed by atoms with Crippen LogP contribution in [-0.2, 0) is 19.5 Å². The largest absolute Gasteiger partial charge is 0.508 e. The van der Waals surface area contributed by atoms with Crippen molar-refractivity contribution in [3.63, 3.8) is 0 Å². The molecule has 0 bridgehead atoms. The number of fused-ring (bicyclic) bond motifs is 1. The Morgan fingerprint density at radius 3 is 2.89 bits per heavy atom. The van der Waals surface area contributed by atoms with Gasteiger partial charge in [0.05, 0.1) is 22.7 Å². The van der Waals surface area contributed by atoms with Crippen LogP contribution in [0.4, 0.5) is 5.00 Å². The number of carbonyl (C=O) groups excluding carboxylic acids is 1. The summed E-state index contributed by atoms with van der Waals surface area (Å²) in [5.74, 6) is 0.231. The summed E-state index contributed by atoms with van der Waals surface area (Å²) in [4.78, 5) is 20.2. The Bertz CT molecular complexity index is 1350. The van der Waals surface area contributed by atoms with E-state index in [1.807, 2.05) is 12.1 Å². The Labute approximate surface area is 217 Å². The number of thiophene rings is 1. The lowest BCUT2D eigenvalue weighted by Gasteiger charge is -2.26. The van der Waals surface area contributed by atoms with Crippen molar-refractivity contribution < 1.29 is 14.6 Å². The molecule has 2 aromatic carbocycles. The number of nitrogens with one attached hydrogen (secondary N) is 1. The Balaban J connectivity index is 1.47. The first kappa shape index (κ1) is 25.3. The topological polar surface area (TPSA) is 150 Å². The molecule has 3 aromatic rings. The summed E-state index contributed by atoms with van der Waals surface area (Å²) < 4.78 is 5.60. The number of nitrogens with zero attached hydrogens (tertiary/aromatic N) is 3. The van der Waals surface area contributed by atoms with E-state index in [0.717, 1.165) is 22.5 Å². The number of carbonyl (C=O) groups is 1. The molecule has 2 heterocycles. The Morgan fingerprint density at radius 2 is 2.14 bits per heavy atom. The van der Waals surface area contributed by atoms with Crippen molar-refractivity contribution >= 4 is 39.8 Å². The van der Waals surface area contributed by atoms with Crippen LogP contribution >= 0.6 is 22.9 Å². The Hall–Kier alpha value is -3.78. The molecular weight excluding hydrogens is 500 g/mol. The van der Waals surface area contributed by atoms with Crippen LogP contribution in [0.3, 0.4) is 0 Å². The molecular formula is C25H25ClN6O3S. The zero-order chi connectivity index (χ0) is 25.7. The molecule has 1 aliphatic heterocycles. The minimum atomic E-state index is -0.429. The first-order valence-corrected chi connectivity index (χ1v) is 12.4. The molecule has 4 rings (SSSR count). The highest BCUT2D eigenvalue weighted by atomic mass is 35.5. The van der Waals surface area contributed by atoms with Crippen LogP contribution in [0.15, 0.2) is 47.5 Å². The zero-order valence-corrected chi connectivity index (χ0v) is 20.9. The second kappa shape index (κ2) is 11.3. The van der Waals surface area contributed by atoms with Gasteiger partial charge in [-0.1, -0.05) is 23.7 Å². The number of hydrogen-bond acceptors (Lipinski definition) is 7. The lowest BCUT2D eigenvalue weighted by molar-refractivity contribution is 0.102. The van der Waals surface area contributed by atoms with Crippen molar-refractivity contribution in [3.05, 3.63) is 74.6 Å². The van der Waals surface area contributed by atoms with E-state index in [9.17, 15) is 15.2 Å². The fourth-order valence-corrected chi connectivity index (χ4v) is 5.43. The molecule has 0 radical (unpaired) electrons. The first-order valence-electron chi connectivity index (χ1n) is 11.2. The number of aliphatic imine (C=N–C) groups is 1. The van der Waals surface area contributed by atoms with E-state index in [2.05, 4.69) is 21.3 Å². The number of phenols is 1. The summed E-state index contributed by atoms with van der Waals surface area (Å²) in [5, 5.41) is 23.2. The molecule has 0 saturated heterocycles. The predicted molar refractivity (Wildman–Crippen MR) is 141 cm³/mol. The summed E-state index contributed by atoms with van der Waals surface area (Å²) in [6.45, 7) is 2.62. The molecule has 0 aliphatic carbocycles. The van der Waals surface area contributed by atoms with Crippen molar-refractivity contribution in [2.45, 2.75) is 19.5 Å². The fraction of sp³-hybridized carbons (Fsp3) is 0.240. The van der Waals surface area contributed by atoms with Gasteiger partial charge in [-0.05, 0) is 47.9 Å². The molecule has 0 atom stereocenters. The maximum absolute atomic E-state index is 13.1. The molecule has 0 unspecified atom stereocenters. The number of guanidine groups is 1. The molecule has 1 aliphatic rings. The van der Waals surface area contributed by atoms with E-state index in [-0.39, 0.29) is 35.4 Å². The molecule has 186 valence electrons. The SMILES string of the molecule is N#Cc1c(NC(=O)c2cc(OCCN=C(N)N)ccc2Cl)sc2c1CCN(Cc1cccc(O)c1)C2. The fourth-order valence-electron chi connectivity index (χ4n) is 3.99. The van der Waals surface area contributed by atoms with Gasteiger partial charge in [0.2, 0.25) is 0 Å². The number of phenolic OH excluding ortho intramolecular Hbond substituents is 1. The lowest BCUT2D eigenvalue weighted by Crippen LogP contribution is -2.29. The lowest BCUT2D eigenvalue weighted by atomic mass is 10.0. The highest BCUT2D eigenvalue weighted by Gasteiger charge is 2.26. The van der Waals surface area contributed by atoms with E-state index in [0.29, 0.717) is 35.8 Å². The Morgan fingerprint density at radius 1 is 1.31 bits per heavy atom. The predicted octanol–water partition coefficient (Wildman–Crippen LogP) is 3.44. The molecule has 6 N–H and O–H groups in total. The van der Waals surface area contributed by atoms with Crippen LogP contribution in [0.25, 0.3) is 0 Å². The third kappa shape index (κ3) is 6.07. The molecule has 9 nitrogen and oxygen atoms in total. The number of nitriles is 1. The number of rotatable bonds is 8. The number of anilines is 1. The van der Waals surface area contributed by atoms with Crippen LogP contribution in [0.1, 0.15) is 31.9 Å². The molecule has 0 fully saturated rings. The smallest absolute Gasteiger partial charge is 0.257 e. The highest BCUT2D eigenvalue weighted by Crippen LogP contribution is 2.37. The normalized spacial score (nSPS) is 12.9. The average molecular weight is 525 g/mol. The maximum Gasteiger partial charge on any atom is 0.257 e. The van der Waals surface area contributed by atoms with E-state index in [1.165, 1.54) is 11.3 Å². The highest BCUT2D eigenvalue weighted by molar-refractivity contribution is 7.16. The zero-order valence-electron chi connectivity index (χ0n) is 19.3. The molecule has 1 amide bonds. The minimum Gasteiger partial charge on any atom is -0.508 e.